The Labute approximate surface area is 176 Å². The van der Waals surface area contributed by atoms with E-state index >= 15 is 0 Å². The molecule has 152 valence electrons. The summed E-state index contributed by atoms with van der Waals surface area (Å²) in [5.74, 6) is 1.89. The lowest BCUT2D eigenvalue weighted by Gasteiger charge is -2.08. The van der Waals surface area contributed by atoms with Crippen LogP contribution in [0.15, 0.2) is 28.6 Å². The molecule has 1 fully saturated rings. The summed E-state index contributed by atoms with van der Waals surface area (Å²) in [7, 11) is 0. The Morgan fingerprint density at radius 1 is 1.10 bits per heavy atom. The predicted molar refractivity (Wildman–Crippen MR) is 114 cm³/mol. The number of thioether (sulfide) groups is 1. The summed E-state index contributed by atoms with van der Waals surface area (Å²) >= 11 is 3.02. The summed E-state index contributed by atoms with van der Waals surface area (Å²) in [6.45, 7) is 0.960. The molecular weight excluding hydrogens is 411 g/mol. The maximum Gasteiger partial charge on any atom is 0.232 e. The normalized spacial score (nSPS) is 14.2. The highest BCUT2D eigenvalue weighted by molar-refractivity contribution is 8.00. The third-order valence-electron chi connectivity index (χ3n) is 4.55. The molecule has 0 bridgehead atoms. The number of halogens is 1. The summed E-state index contributed by atoms with van der Waals surface area (Å²) in [6, 6.07) is 5.92. The van der Waals surface area contributed by atoms with Gasteiger partial charge in [-0.05, 0) is 43.0 Å². The molecule has 4 N–H and O–H groups in total. The van der Waals surface area contributed by atoms with Crippen molar-refractivity contribution >= 4 is 45.8 Å². The van der Waals surface area contributed by atoms with Crippen molar-refractivity contribution in [2.24, 2.45) is 5.92 Å². The molecule has 3 aromatic rings. The number of nitrogens with zero attached hydrogens (tertiary/aromatic N) is 5. The van der Waals surface area contributed by atoms with Gasteiger partial charge >= 0.3 is 0 Å². The minimum atomic E-state index is -0.308. The molecule has 1 aliphatic carbocycles. The number of benzene rings is 1. The van der Waals surface area contributed by atoms with Crippen LogP contribution in [0, 0.1) is 11.7 Å². The van der Waals surface area contributed by atoms with Crippen molar-refractivity contribution in [1.29, 1.82) is 0 Å². The van der Waals surface area contributed by atoms with Crippen molar-refractivity contribution in [2.45, 2.75) is 35.8 Å². The lowest BCUT2D eigenvalue weighted by atomic mass is 10.1. The van der Waals surface area contributed by atoms with E-state index in [4.69, 9.17) is 5.73 Å². The maximum atomic E-state index is 13.0. The van der Waals surface area contributed by atoms with E-state index in [2.05, 4.69) is 35.8 Å². The van der Waals surface area contributed by atoms with Gasteiger partial charge in [0.25, 0.3) is 0 Å². The minimum Gasteiger partial charge on any atom is -0.368 e. The number of hydrogen-bond acceptors (Lipinski definition) is 10. The molecule has 11 heteroatoms. The standard InChI is InChI=1S/C18H21FN8S2/c19-12-5-7-13(8-6-12)22-16-24-14(23-15(20)25-16)10-28-18-27-26-17(29-18)21-9-11-3-1-2-4-11/h5-8,11H,1-4,9-10H2,(H,21,26)(H3,20,22,23,24,25). The van der Waals surface area contributed by atoms with Crippen LogP contribution in [0.5, 0.6) is 0 Å². The number of anilines is 4. The second kappa shape index (κ2) is 9.31. The Kier molecular flexibility index (Phi) is 6.35. The molecule has 1 aliphatic rings. The van der Waals surface area contributed by atoms with Crippen molar-refractivity contribution < 1.29 is 4.39 Å². The monoisotopic (exact) mass is 432 g/mol. The zero-order valence-corrected chi connectivity index (χ0v) is 17.3. The smallest absolute Gasteiger partial charge is 0.232 e. The van der Waals surface area contributed by atoms with Crippen LogP contribution in [0.3, 0.4) is 0 Å². The summed E-state index contributed by atoms with van der Waals surface area (Å²) in [5.41, 5.74) is 6.47. The molecule has 0 saturated heterocycles. The molecular formula is C18H21FN8S2. The SMILES string of the molecule is Nc1nc(CSc2nnc(NCC3CCCC3)s2)nc(Nc2ccc(F)cc2)n1. The lowest BCUT2D eigenvalue weighted by molar-refractivity contribution is 0.579. The Morgan fingerprint density at radius 3 is 2.69 bits per heavy atom. The van der Waals surface area contributed by atoms with Crippen LogP contribution in [0.25, 0.3) is 0 Å². The van der Waals surface area contributed by atoms with Crippen LogP contribution in [0.4, 0.5) is 27.1 Å². The first-order chi connectivity index (χ1) is 14.1. The van der Waals surface area contributed by atoms with Gasteiger partial charge in [0.15, 0.2) is 4.34 Å². The summed E-state index contributed by atoms with van der Waals surface area (Å²) in [4.78, 5) is 12.6. The zero-order valence-electron chi connectivity index (χ0n) is 15.6. The number of nitrogen functional groups attached to an aromatic ring is 1. The van der Waals surface area contributed by atoms with E-state index in [1.54, 1.807) is 12.1 Å². The molecule has 4 rings (SSSR count). The molecule has 2 heterocycles. The number of hydrogen-bond donors (Lipinski definition) is 3. The summed E-state index contributed by atoms with van der Waals surface area (Å²) in [5, 5.41) is 15.6. The zero-order chi connectivity index (χ0) is 20.1. The van der Waals surface area contributed by atoms with E-state index in [1.807, 2.05) is 0 Å². The molecule has 0 amide bonds. The van der Waals surface area contributed by atoms with E-state index in [0.717, 1.165) is 21.9 Å². The molecule has 0 spiro atoms. The lowest BCUT2D eigenvalue weighted by Crippen LogP contribution is -2.10. The quantitative estimate of drug-likeness (QED) is 0.453. The second-order valence-corrected chi connectivity index (χ2v) is 8.96. The molecule has 0 aliphatic heterocycles. The average Bonchev–Trinajstić information content (AvgIpc) is 3.38. The maximum absolute atomic E-state index is 13.0. The Balaban J connectivity index is 1.33. The molecule has 8 nitrogen and oxygen atoms in total. The van der Waals surface area contributed by atoms with Gasteiger partial charge in [0, 0.05) is 12.2 Å². The highest BCUT2D eigenvalue weighted by Gasteiger charge is 2.15. The van der Waals surface area contributed by atoms with Gasteiger partial charge in [0.1, 0.15) is 11.6 Å². The van der Waals surface area contributed by atoms with Gasteiger partial charge in [0.2, 0.25) is 17.0 Å². The molecule has 2 aromatic heterocycles. The molecule has 0 atom stereocenters. The van der Waals surface area contributed by atoms with E-state index < -0.39 is 0 Å². The molecule has 0 radical (unpaired) electrons. The van der Waals surface area contributed by atoms with Crippen LogP contribution in [0.1, 0.15) is 31.5 Å². The first kappa shape index (κ1) is 19.8. The van der Waals surface area contributed by atoms with Crippen molar-refractivity contribution in [3.63, 3.8) is 0 Å². The third kappa shape index (κ3) is 5.73. The van der Waals surface area contributed by atoms with Gasteiger partial charge in [-0.25, -0.2) is 4.39 Å². The fourth-order valence-corrected chi connectivity index (χ4v) is 4.75. The van der Waals surface area contributed by atoms with Crippen LogP contribution in [-0.4, -0.2) is 31.7 Å². The molecule has 0 unspecified atom stereocenters. The van der Waals surface area contributed by atoms with Gasteiger partial charge in [0.05, 0.1) is 5.75 Å². The van der Waals surface area contributed by atoms with Crippen LogP contribution >= 0.6 is 23.1 Å². The first-order valence-corrected chi connectivity index (χ1v) is 11.2. The van der Waals surface area contributed by atoms with Crippen LogP contribution in [0.2, 0.25) is 0 Å². The number of nitrogens with two attached hydrogens (primary N) is 1. The number of aromatic nitrogens is 5. The van der Waals surface area contributed by atoms with E-state index in [9.17, 15) is 4.39 Å². The predicted octanol–water partition coefficient (Wildman–Crippen LogP) is 4.08. The third-order valence-corrected chi connectivity index (χ3v) is 6.56. The molecule has 1 aromatic carbocycles. The number of nitrogens with one attached hydrogen (secondary N) is 2. The minimum absolute atomic E-state index is 0.122. The van der Waals surface area contributed by atoms with Crippen molar-refractivity contribution in [3.05, 3.63) is 35.9 Å². The average molecular weight is 433 g/mol. The van der Waals surface area contributed by atoms with Gasteiger partial charge in [-0.15, -0.1) is 10.2 Å². The van der Waals surface area contributed by atoms with Gasteiger partial charge in [-0.1, -0.05) is 35.9 Å². The highest BCUT2D eigenvalue weighted by Crippen LogP contribution is 2.29. The van der Waals surface area contributed by atoms with Crippen LogP contribution in [-0.2, 0) is 5.75 Å². The Bertz CT molecular complexity index is 943. The summed E-state index contributed by atoms with van der Waals surface area (Å²) in [6.07, 6.45) is 5.25. The fraction of sp³-hybridized carbons (Fsp3) is 0.389. The topological polar surface area (TPSA) is 115 Å². The number of rotatable bonds is 8. The van der Waals surface area contributed by atoms with Crippen molar-refractivity contribution in [1.82, 2.24) is 25.1 Å². The van der Waals surface area contributed by atoms with E-state index in [-0.39, 0.29) is 11.8 Å². The van der Waals surface area contributed by atoms with Crippen molar-refractivity contribution in [2.75, 3.05) is 22.9 Å². The summed E-state index contributed by atoms with van der Waals surface area (Å²) < 4.78 is 13.9. The van der Waals surface area contributed by atoms with Gasteiger partial charge in [-0.3, -0.25) is 0 Å². The van der Waals surface area contributed by atoms with Crippen molar-refractivity contribution in [3.8, 4) is 0 Å². The molecule has 1 saturated carbocycles. The highest BCUT2D eigenvalue weighted by atomic mass is 32.2. The fourth-order valence-electron chi connectivity index (χ4n) is 3.13. The second-order valence-electron chi connectivity index (χ2n) is 6.76. The Hall–Kier alpha value is -2.53. The van der Waals surface area contributed by atoms with Crippen LogP contribution < -0.4 is 16.4 Å². The Morgan fingerprint density at radius 2 is 1.90 bits per heavy atom. The van der Waals surface area contributed by atoms with Gasteiger partial charge in [-0.2, -0.15) is 15.0 Å². The van der Waals surface area contributed by atoms with E-state index in [1.165, 1.54) is 60.9 Å². The van der Waals surface area contributed by atoms with E-state index in [0.29, 0.717) is 23.2 Å². The molecule has 29 heavy (non-hydrogen) atoms. The first-order valence-electron chi connectivity index (χ1n) is 9.37. The van der Waals surface area contributed by atoms with Gasteiger partial charge < -0.3 is 16.4 Å². The largest absolute Gasteiger partial charge is 0.368 e.